The zero-order chi connectivity index (χ0) is 9.97. The number of oxazole rings is 1. The smallest absolute Gasteiger partial charge is 0.256 e. The average Bonchev–Trinajstić information content (AvgIpc) is 2.56. The van der Waals surface area contributed by atoms with Crippen molar-refractivity contribution in [3.63, 3.8) is 0 Å². The molecule has 0 atom stereocenters. The van der Waals surface area contributed by atoms with Crippen LogP contribution in [0.15, 0.2) is 27.8 Å². The molecule has 0 fully saturated rings. The van der Waals surface area contributed by atoms with Crippen LogP contribution < -0.4 is 0 Å². The quantitative estimate of drug-likeness (QED) is 0.742. The maximum Gasteiger partial charge on any atom is 0.256 e. The van der Waals surface area contributed by atoms with Crippen LogP contribution >= 0.6 is 23.4 Å². The number of rotatable bonds is 3. The van der Waals surface area contributed by atoms with E-state index in [0.29, 0.717) is 5.02 Å². The fourth-order valence-electron chi connectivity index (χ4n) is 1.13. The molecule has 0 bridgehead atoms. The molecule has 74 valence electrons. The molecule has 0 aliphatic carbocycles. The highest BCUT2D eigenvalue weighted by molar-refractivity contribution is 7.99. The molecular weight excluding hydrogens is 218 g/mol. The van der Waals surface area contributed by atoms with Crippen LogP contribution in [0.3, 0.4) is 0 Å². The van der Waals surface area contributed by atoms with Gasteiger partial charge in [-0.1, -0.05) is 30.3 Å². The molecule has 2 rings (SSSR count). The summed E-state index contributed by atoms with van der Waals surface area (Å²) in [5.41, 5.74) is 1.63. The van der Waals surface area contributed by atoms with E-state index in [1.807, 2.05) is 18.2 Å². The zero-order valence-corrected chi connectivity index (χ0v) is 9.36. The first-order valence-electron chi connectivity index (χ1n) is 4.48. The van der Waals surface area contributed by atoms with E-state index in [1.54, 1.807) is 11.8 Å². The number of nitrogens with zero attached hydrogens (tertiary/aromatic N) is 1. The van der Waals surface area contributed by atoms with Gasteiger partial charge in [-0.3, -0.25) is 0 Å². The van der Waals surface area contributed by atoms with Gasteiger partial charge in [-0.2, -0.15) is 0 Å². The minimum atomic E-state index is 0.692. The Balaban J connectivity index is 2.32. The maximum atomic E-state index is 5.84. The van der Waals surface area contributed by atoms with Crippen LogP contribution in [0.2, 0.25) is 5.02 Å². The van der Waals surface area contributed by atoms with Crippen LogP contribution in [-0.2, 0) is 0 Å². The minimum Gasteiger partial charge on any atom is -0.431 e. The maximum absolute atomic E-state index is 5.84. The second-order valence-corrected chi connectivity index (χ2v) is 4.42. The van der Waals surface area contributed by atoms with E-state index in [2.05, 4.69) is 11.9 Å². The van der Waals surface area contributed by atoms with Crippen LogP contribution in [0, 0.1) is 0 Å². The van der Waals surface area contributed by atoms with Crippen molar-refractivity contribution in [3.05, 3.63) is 23.2 Å². The van der Waals surface area contributed by atoms with Gasteiger partial charge in [0.15, 0.2) is 5.58 Å². The third kappa shape index (κ3) is 2.04. The van der Waals surface area contributed by atoms with Crippen molar-refractivity contribution < 1.29 is 4.42 Å². The van der Waals surface area contributed by atoms with Gasteiger partial charge in [-0.25, -0.2) is 4.98 Å². The Labute approximate surface area is 91.6 Å². The number of thioether (sulfide) groups is 1. The van der Waals surface area contributed by atoms with E-state index in [-0.39, 0.29) is 0 Å². The van der Waals surface area contributed by atoms with Crippen LogP contribution in [-0.4, -0.2) is 10.7 Å². The summed E-state index contributed by atoms with van der Waals surface area (Å²) in [6.07, 6.45) is 1.12. The second-order valence-electron chi connectivity index (χ2n) is 2.94. The molecule has 0 amide bonds. The topological polar surface area (TPSA) is 26.0 Å². The van der Waals surface area contributed by atoms with Gasteiger partial charge in [0, 0.05) is 10.8 Å². The van der Waals surface area contributed by atoms with E-state index in [1.165, 1.54) is 0 Å². The van der Waals surface area contributed by atoms with Gasteiger partial charge in [-0.15, -0.1) is 0 Å². The highest BCUT2D eigenvalue weighted by atomic mass is 35.5. The molecule has 2 nitrogen and oxygen atoms in total. The lowest BCUT2D eigenvalue weighted by Crippen LogP contribution is -1.74. The lowest BCUT2D eigenvalue weighted by molar-refractivity contribution is 0.489. The number of hydrogen-bond donors (Lipinski definition) is 0. The Hall–Kier alpha value is -0.670. The fraction of sp³-hybridized carbons (Fsp3) is 0.300. The molecule has 2 aromatic rings. The number of halogens is 1. The monoisotopic (exact) mass is 227 g/mol. The standard InChI is InChI=1S/C10H10ClNOS/c1-2-5-14-10-12-8-6-7(11)3-4-9(8)13-10/h3-4,6H,2,5H2,1H3. The van der Waals surface area contributed by atoms with Gasteiger partial charge in [0.05, 0.1) is 0 Å². The zero-order valence-electron chi connectivity index (χ0n) is 7.79. The SMILES string of the molecule is CCCSc1nc2cc(Cl)ccc2o1. The number of benzene rings is 1. The molecular formula is C10H10ClNOS. The van der Waals surface area contributed by atoms with Crippen molar-refractivity contribution in [2.45, 2.75) is 18.6 Å². The Bertz CT molecular complexity index is 441. The number of aromatic nitrogens is 1. The van der Waals surface area contributed by atoms with Gasteiger partial charge in [0.25, 0.3) is 5.22 Å². The molecule has 0 N–H and O–H groups in total. The van der Waals surface area contributed by atoms with Gasteiger partial charge < -0.3 is 4.42 Å². The van der Waals surface area contributed by atoms with Crippen LogP contribution in [0.1, 0.15) is 13.3 Å². The van der Waals surface area contributed by atoms with E-state index in [9.17, 15) is 0 Å². The Morgan fingerprint density at radius 1 is 1.50 bits per heavy atom. The summed E-state index contributed by atoms with van der Waals surface area (Å²) < 4.78 is 5.52. The van der Waals surface area contributed by atoms with E-state index >= 15 is 0 Å². The number of fused-ring (bicyclic) bond motifs is 1. The van der Waals surface area contributed by atoms with Crippen LogP contribution in [0.5, 0.6) is 0 Å². The lowest BCUT2D eigenvalue weighted by atomic mass is 10.3. The summed E-state index contributed by atoms with van der Waals surface area (Å²) in [5.74, 6) is 1.03. The van der Waals surface area contributed by atoms with Crippen molar-refractivity contribution in [3.8, 4) is 0 Å². The summed E-state index contributed by atoms with van der Waals surface area (Å²) >= 11 is 7.47. The Kier molecular flexibility index (Phi) is 2.99. The van der Waals surface area contributed by atoms with Gasteiger partial charge in [0.1, 0.15) is 5.52 Å². The molecule has 1 heterocycles. The third-order valence-electron chi connectivity index (χ3n) is 1.76. The van der Waals surface area contributed by atoms with Crippen molar-refractivity contribution >= 4 is 34.5 Å². The molecule has 0 radical (unpaired) electrons. The van der Waals surface area contributed by atoms with Gasteiger partial charge in [-0.05, 0) is 24.6 Å². The predicted octanol–water partition coefficient (Wildman–Crippen LogP) is 3.98. The van der Waals surface area contributed by atoms with E-state index in [4.69, 9.17) is 16.0 Å². The Morgan fingerprint density at radius 2 is 2.36 bits per heavy atom. The summed E-state index contributed by atoms with van der Waals surface area (Å²) in [4.78, 5) is 4.32. The average molecular weight is 228 g/mol. The van der Waals surface area contributed by atoms with Gasteiger partial charge in [0.2, 0.25) is 0 Å². The summed E-state index contributed by atoms with van der Waals surface area (Å²) in [6, 6.07) is 5.47. The molecule has 0 spiro atoms. The highest BCUT2D eigenvalue weighted by Gasteiger charge is 2.05. The largest absolute Gasteiger partial charge is 0.431 e. The van der Waals surface area contributed by atoms with Crippen molar-refractivity contribution in [1.29, 1.82) is 0 Å². The summed E-state index contributed by atoms with van der Waals surface area (Å²) in [6.45, 7) is 2.13. The fourth-order valence-corrected chi connectivity index (χ4v) is 1.99. The first-order chi connectivity index (χ1) is 6.79. The van der Waals surface area contributed by atoms with Crippen molar-refractivity contribution in [2.75, 3.05) is 5.75 Å². The predicted molar refractivity (Wildman–Crippen MR) is 60.0 cm³/mol. The first kappa shape index (κ1) is 9.87. The minimum absolute atomic E-state index is 0.692. The molecule has 1 aromatic heterocycles. The van der Waals surface area contributed by atoms with Gasteiger partial charge >= 0.3 is 0 Å². The third-order valence-corrected chi connectivity index (χ3v) is 3.03. The van der Waals surface area contributed by atoms with Crippen LogP contribution in [0.4, 0.5) is 0 Å². The first-order valence-corrected chi connectivity index (χ1v) is 5.85. The molecule has 14 heavy (non-hydrogen) atoms. The van der Waals surface area contributed by atoms with Crippen molar-refractivity contribution in [1.82, 2.24) is 4.98 Å². The van der Waals surface area contributed by atoms with E-state index < -0.39 is 0 Å². The number of hydrogen-bond acceptors (Lipinski definition) is 3. The second kappa shape index (κ2) is 4.24. The highest BCUT2D eigenvalue weighted by Crippen LogP contribution is 2.25. The van der Waals surface area contributed by atoms with E-state index in [0.717, 1.165) is 28.5 Å². The van der Waals surface area contributed by atoms with Crippen LogP contribution in [0.25, 0.3) is 11.1 Å². The molecule has 0 aliphatic heterocycles. The molecule has 0 unspecified atom stereocenters. The molecule has 0 saturated carbocycles. The molecule has 4 heteroatoms. The molecule has 0 saturated heterocycles. The molecule has 1 aromatic carbocycles. The van der Waals surface area contributed by atoms with Crippen molar-refractivity contribution in [2.24, 2.45) is 0 Å². The summed E-state index contributed by atoms with van der Waals surface area (Å²) in [5, 5.41) is 1.42. The lowest BCUT2D eigenvalue weighted by Gasteiger charge is -1.88. The Morgan fingerprint density at radius 3 is 3.14 bits per heavy atom. The summed E-state index contributed by atoms with van der Waals surface area (Å²) in [7, 11) is 0. The molecule has 0 aliphatic rings. The normalized spacial score (nSPS) is 11.0.